The van der Waals surface area contributed by atoms with Crippen LogP contribution in [0.4, 0.5) is 0 Å². The molecule has 1 rings (SSSR count). The van der Waals surface area contributed by atoms with Crippen LogP contribution in [0.1, 0.15) is 24.8 Å². The Morgan fingerprint density at radius 3 is 2.64 bits per heavy atom. The van der Waals surface area contributed by atoms with Crippen molar-refractivity contribution in [2.24, 2.45) is 5.73 Å². The first-order valence-corrected chi connectivity index (χ1v) is 5.57. The predicted molar refractivity (Wildman–Crippen MR) is 62.2 cm³/mol. The van der Waals surface area contributed by atoms with Crippen LogP contribution in [0.2, 0.25) is 0 Å². The lowest BCUT2D eigenvalue weighted by molar-refractivity contribution is 0.165. The van der Waals surface area contributed by atoms with Crippen molar-refractivity contribution in [2.45, 2.75) is 25.4 Å². The number of nitrogens with two attached hydrogens (primary N) is 1. The summed E-state index contributed by atoms with van der Waals surface area (Å²) in [6.07, 6.45) is 0.302. The number of hydrogen-bond acceptors (Lipinski definition) is 2. The van der Waals surface area contributed by atoms with Crippen molar-refractivity contribution in [2.75, 3.05) is 6.54 Å². The minimum Gasteiger partial charge on any atom is -0.392 e. The lowest BCUT2D eigenvalue weighted by Gasteiger charge is -2.16. The number of hydrogen-bond donors (Lipinski definition) is 2. The van der Waals surface area contributed by atoms with Gasteiger partial charge in [-0.2, -0.15) is 0 Å². The summed E-state index contributed by atoms with van der Waals surface area (Å²) in [6, 6.07) is 8.07. The molecule has 0 bridgehead atoms. The van der Waals surface area contributed by atoms with E-state index in [1.54, 1.807) is 0 Å². The average Bonchev–Trinajstić information content (AvgIpc) is 2.18. The second kappa shape index (κ2) is 5.49. The molecular weight excluding hydrogens is 242 g/mol. The van der Waals surface area contributed by atoms with Gasteiger partial charge in [0, 0.05) is 11.0 Å². The van der Waals surface area contributed by atoms with Crippen molar-refractivity contribution in [3.8, 4) is 0 Å². The van der Waals surface area contributed by atoms with E-state index < -0.39 is 6.10 Å². The molecule has 2 unspecified atom stereocenters. The van der Waals surface area contributed by atoms with Crippen molar-refractivity contribution < 1.29 is 5.11 Å². The molecule has 0 heterocycles. The van der Waals surface area contributed by atoms with Crippen molar-refractivity contribution in [3.63, 3.8) is 0 Å². The largest absolute Gasteiger partial charge is 0.392 e. The van der Waals surface area contributed by atoms with E-state index in [9.17, 15) is 5.11 Å². The van der Waals surface area contributed by atoms with E-state index in [2.05, 4.69) is 28.9 Å². The summed E-state index contributed by atoms with van der Waals surface area (Å²) in [5.41, 5.74) is 6.60. The van der Waals surface area contributed by atoms with Gasteiger partial charge in [-0.3, -0.25) is 0 Å². The maximum absolute atomic E-state index is 9.44. The Morgan fingerprint density at radius 2 is 2.07 bits per heavy atom. The van der Waals surface area contributed by atoms with Gasteiger partial charge in [0.15, 0.2) is 0 Å². The van der Waals surface area contributed by atoms with Gasteiger partial charge in [0.25, 0.3) is 0 Å². The van der Waals surface area contributed by atoms with Gasteiger partial charge in [0.1, 0.15) is 0 Å². The Balaban J connectivity index is 2.69. The Bertz CT molecular complexity index is 290. The molecule has 0 radical (unpaired) electrons. The topological polar surface area (TPSA) is 46.2 Å². The molecule has 1 aromatic rings. The Kier molecular flexibility index (Phi) is 4.58. The van der Waals surface area contributed by atoms with Gasteiger partial charge in [-0.25, -0.2) is 0 Å². The Hall–Kier alpha value is -0.380. The third-order valence-electron chi connectivity index (χ3n) is 2.33. The van der Waals surface area contributed by atoms with Crippen LogP contribution in [0.3, 0.4) is 0 Å². The first-order valence-electron chi connectivity index (χ1n) is 4.77. The van der Waals surface area contributed by atoms with Crippen LogP contribution in [0.5, 0.6) is 0 Å². The average molecular weight is 258 g/mol. The van der Waals surface area contributed by atoms with Gasteiger partial charge in [-0.15, -0.1) is 0 Å². The van der Waals surface area contributed by atoms with Crippen molar-refractivity contribution in [3.05, 3.63) is 34.3 Å². The third kappa shape index (κ3) is 3.08. The molecule has 0 amide bonds. The van der Waals surface area contributed by atoms with E-state index in [-0.39, 0.29) is 0 Å². The summed E-state index contributed by atoms with van der Waals surface area (Å²) in [7, 11) is 0. The van der Waals surface area contributed by atoms with Crippen LogP contribution in [-0.4, -0.2) is 17.8 Å². The maximum Gasteiger partial charge on any atom is 0.0668 e. The van der Waals surface area contributed by atoms with E-state index in [4.69, 9.17) is 5.73 Å². The zero-order chi connectivity index (χ0) is 10.6. The minimum atomic E-state index is -0.405. The summed E-state index contributed by atoms with van der Waals surface area (Å²) in [5.74, 6) is 0.323. The summed E-state index contributed by atoms with van der Waals surface area (Å²) < 4.78 is 1.09. The van der Waals surface area contributed by atoms with E-state index in [1.165, 1.54) is 5.56 Å². The molecule has 2 nitrogen and oxygen atoms in total. The second-order valence-electron chi connectivity index (χ2n) is 3.55. The first kappa shape index (κ1) is 11.7. The molecule has 14 heavy (non-hydrogen) atoms. The predicted octanol–water partition coefficient (Wildman–Crippen LogP) is 2.26. The minimum absolute atomic E-state index is 0.323. The molecule has 0 aliphatic carbocycles. The molecule has 78 valence electrons. The molecule has 2 atom stereocenters. The van der Waals surface area contributed by atoms with Crippen LogP contribution in [0.15, 0.2) is 28.7 Å². The molecule has 3 N–H and O–H groups in total. The zero-order valence-corrected chi connectivity index (χ0v) is 9.87. The van der Waals surface area contributed by atoms with Gasteiger partial charge < -0.3 is 10.8 Å². The highest BCUT2D eigenvalue weighted by Crippen LogP contribution is 2.27. The fourth-order valence-electron chi connectivity index (χ4n) is 1.51. The first-order chi connectivity index (χ1) is 6.65. The van der Waals surface area contributed by atoms with Crippen LogP contribution < -0.4 is 5.73 Å². The number of rotatable bonds is 4. The monoisotopic (exact) mass is 257 g/mol. The fourth-order valence-corrected chi connectivity index (χ4v) is 2.18. The molecule has 0 aliphatic heterocycles. The van der Waals surface area contributed by atoms with Gasteiger partial charge in [0.2, 0.25) is 0 Å². The molecule has 3 heteroatoms. The van der Waals surface area contributed by atoms with E-state index >= 15 is 0 Å². The normalized spacial score (nSPS) is 15.1. The SMILES string of the molecule is CC(CC(O)CN)c1ccccc1Br. The number of benzene rings is 1. The van der Waals surface area contributed by atoms with Gasteiger partial charge in [-0.05, 0) is 24.0 Å². The molecule has 0 aromatic heterocycles. The van der Waals surface area contributed by atoms with Crippen LogP contribution in [0, 0.1) is 0 Å². The fraction of sp³-hybridized carbons (Fsp3) is 0.455. The Morgan fingerprint density at radius 1 is 1.43 bits per heavy atom. The van der Waals surface area contributed by atoms with Crippen LogP contribution in [-0.2, 0) is 0 Å². The number of aliphatic hydroxyl groups excluding tert-OH is 1. The molecule has 0 spiro atoms. The Labute approximate surface area is 93.3 Å². The number of aliphatic hydroxyl groups is 1. The quantitative estimate of drug-likeness (QED) is 0.870. The van der Waals surface area contributed by atoms with Crippen molar-refractivity contribution in [1.82, 2.24) is 0 Å². The van der Waals surface area contributed by atoms with Gasteiger partial charge in [0.05, 0.1) is 6.10 Å². The second-order valence-corrected chi connectivity index (χ2v) is 4.40. The third-order valence-corrected chi connectivity index (χ3v) is 3.06. The van der Waals surface area contributed by atoms with E-state index in [0.29, 0.717) is 18.9 Å². The zero-order valence-electron chi connectivity index (χ0n) is 8.28. The number of halogens is 1. The smallest absolute Gasteiger partial charge is 0.0668 e. The maximum atomic E-state index is 9.44. The van der Waals surface area contributed by atoms with E-state index in [1.807, 2.05) is 18.2 Å². The van der Waals surface area contributed by atoms with Gasteiger partial charge in [-0.1, -0.05) is 41.1 Å². The highest BCUT2D eigenvalue weighted by molar-refractivity contribution is 9.10. The van der Waals surface area contributed by atoms with Crippen LogP contribution in [0.25, 0.3) is 0 Å². The highest BCUT2D eigenvalue weighted by Gasteiger charge is 2.12. The van der Waals surface area contributed by atoms with Gasteiger partial charge >= 0.3 is 0 Å². The summed E-state index contributed by atoms with van der Waals surface area (Å²) in [6.45, 7) is 2.42. The molecule has 0 saturated carbocycles. The molecule has 1 aromatic carbocycles. The molecule has 0 fully saturated rings. The highest BCUT2D eigenvalue weighted by atomic mass is 79.9. The van der Waals surface area contributed by atoms with E-state index in [0.717, 1.165) is 4.47 Å². The van der Waals surface area contributed by atoms with Crippen molar-refractivity contribution in [1.29, 1.82) is 0 Å². The summed E-state index contributed by atoms with van der Waals surface area (Å²) in [4.78, 5) is 0. The lowest BCUT2D eigenvalue weighted by Crippen LogP contribution is -2.21. The summed E-state index contributed by atoms with van der Waals surface area (Å²) in [5, 5.41) is 9.44. The molecule has 0 saturated heterocycles. The molecule has 0 aliphatic rings. The standard InChI is InChI=1S/C11H16BrNO/c1-8(6-9(14)7-13)10-4-2-3-5-11(10)12/h2-5,8-9,14H,6-7,13H2,1H3. The van der Waals surface area contributed by atoms with Crippen LogP contribution >= 0.6 is 15.9 Å². The van der Waals surface area contributed by atoms with Crippen molar-refractivity contribution >= 4 is 15.9 Å². The lowest BCUT2D eigenvalue weighted by atomic mass is 9.95. The molecular formula is C11H16BrNO. The summed E-state index contributed by atoms with van der Waals surface area (Å²) >= 11 is 3.50.